The summed E-state index contributed by atoms with van der Waals surface area (Å²) in [4.78, 5) is 4.56. The van der Waals surface area contributed by atoms with Crippen molar-refractivity contribution in [2.24, 2.45) is 4.99 Å². The minimum atomic E-state index is 0.361. The first kappa shape index (κ1) is 10.6. The minimum Gasteiger partial charge on any atom is -0.280 e. The van der Waals surface area contributed by atoms with E-state index in [1.165, 1.54) is 16.7 Å². The second-order valence-electron chi connectivity index (χ2n) is 3.83. The molecule has 1 aromatic rings. The van der Waals surface area contributed by atoms with Crippen LogP contribution < -0.4 is 0 Å². The number of hydrogen-bond acceptors (Lipinski definition) is 1. The van der Waals surface area contributed by atoms with Crippen LogP contribution in [0.2, 0.25) is 0 Å². The number of allylic oxidation sites excluding steroid dienone is 1. The quantitative estimate of drug-likeness (QED) is 0.666. The molecule has 0 radical (unpaired) electrons. The highest BCUT2D eigenvalue weighted by molar-refractivity contribution is 7.42. The van der Waals surface area contributed by atoms with Gasteiger partial charge in [-0.15, -0.1) is 0 Å². The predicted octanol–water partition coefficient (Wildman–Crippen LogP) is 3.91. The van der Waals surface area contributed by atoms with Gasteiger partial charge in [-0.2, -0.15) is 0 Å². The minimum absolute atomic E-state index is 0.361. The van der Waals surface area contributed by atoms with Gasteiger partial charge >= 0.3 is 0 Å². The van der Waals surface area contributed by atoms with Crippen LogP contribution in [0.5, 0.6) is 0 Å². The largest absolute Gasteiger partial charge is 0.280 e. The molecule has 0 fully saturated rings. The number of benzene rings is 1. The standard InChI is InChI=1S/C13H16NP/c1-3-11-4-6-12(7-5-11)13-14-8-10(2)9-15-13/h4-9,13,15H,3H2,1-2H3. The third-order valence-electron chi connectivity index (χ3n) is 2.60. The van der Waals surface area contributed by atoms with Crippen LogP contribution in [0.3, 0.4) is 0 Å². The summed E-state index contributed by atoms with van der Waals surface area (Å²) in [6, 6.07) is 8.84. The van der Waals surface area contributed by atoms with E-state index in [-0.39, 0.29) is 0 Å². The van der Waals surface area contributed by atoms with E-state index in [0.29, 0.717) is 5.78 Å². The first-order valence-electron chi connectivity index (χ1n) is 5.34. The number of nitrogens with zero attached hydrogens (tertiary/aromatic N) is 1. The van der Waals surface area contributed by atoms with Crippen LogP contribution in [0.1, 0.15) is 30.8 Å². The first-order chi connectivity index (χ1) is 7.29. The molecule has 15 heavy (non-hydrogen) atoms. The zero-order valence-electron chi connectivity index (χ0n) is 9.20. The molecule has 2 heteroatoms. The molecule has 0 bridgehead atoms. The van der Waals surface area contributed by atoms with Crippen molar-refractivity contribution >= 4 is 14.8 Å². The Morgan fingerprint density at radius 2 is 2.00 bits per heavy atom. The van der Waals surface area contributed by atoms with Gasteiger partial charge in [0.05, 0.1) is 5.78 Å². The average molecular weight is 217 g/mol. The van der Waals surface area contributed by atoms with Gasteiger partial charge in [-0.3, -0.25) is 4.99 Å². The number of hydrogen-bond donors (Lipinski definition) is 0. The van der Waals surface area contributed by atoms with E-state index in [0.717, 1.165) is 15.0 Å². The van der Waals surface area contributed by atoms with Gasteiger partial charge in [-0.25, -0.2) is 0 Å². The Labute approximate surface area is 93.1 Å². The van der Waals surface area contributed by atoms with Crippen LogP contribution in [0.4, 0.5) is 0 Å². The highest BCUT2D eigenvalue weighted by atomic mass is 31.1. The summed E-state index contributed by atoms with van der Waals surface area (Å²) < 4.78 is 0. The SMILES string of the molecule is CCc1ccc(C2N=CC(C)=CP2)cc1. The predicted molar refractivity (Wildman–Crippen MR) is 69.1 cm³/mol. The van der Waals surface area contributed by atoms with Gasteiger partial charge in [0.25, 0.3) is 0 Å². The Balaban J connectivity index is 2.14. The smallest absolute Gasteiger partial charge is 0.0947 e. The van der Waals surface area contributed by atoms with Gasteiger partial charge in [-0.1, -0.05) is 45.6 Å². The van der Waals surface area contributed by atoms with E-state index in [1.807, 2.05) is 6.21 Å². The van der Waals surface area contributed by atoms with E-state index in [9.17, 15) is 0 Å². The van der Waals surface area contributed by atoms with Crippen LogP contribution >= 0.6 is 8.58 Å². The molecule has 1 aliphatic rings. The fourth-order valence-electron chi connectivity index (χ4n) is 1.60. The molecule has 0 amide bonds. The van der Waals surface area contributed by atoms with Crippen molar-refractivity contribution in [3.63, 3.8) is 0 Å². The lowest BCUT2D eigenvalue weighted by molar-refractivity contribution is 1.02. The van der Waals surface area contributed by atoms with Crippen LogP contribution in [0.25, 0.3) is 0 Å². The van der Waals surface area contributed by atoms with Gasteiger partial charge in [0.2, 0.25) is 0 Å². The summed E-state index contributed by atoms with van der Waals surface area (Å²) in [7, 11) is 0.788. The van der Waals surface area contributed by atoms with E-state index >= 15 is 0 Å². The third kappa shape index (κ3) is 2.54. The molecular formula is C13H16NP. The summed E-state index contributed by atoms with van der Waals surface area (Å²) >= 11 is 0. The zero-order valence-corrected chi connectivity index (χ0v) is 10.2. The molecule has 0 spiro atoms. The second kappa shape index (κ2) is 4.72. The summed E-state index contributed by atoms with van der Waals surface area (Å²) in [5, 5.41) is 0. The Morgan fingerprint density at radius 1 is 1.27 bits per heavy atom. The van der Waals surface area contributed by atoms with Gasteiger partial charge in [0.15, 0.2) is 0 Å². The summed E-state index contributed by atoms with van der Waals surface area (Å²) in [5.74, 6) is 2.64. The lowest BCUT2D eigenvalue weighted by atomic mass is 10.1. The third-order valence-corrected chi connectivity index (χ3v) is 4.02. The molecule has 0 aliphatic carbocycles. The summed E-state index contributed by atoms with van der Waals surface area (Å²) in [5.41, 5.74) is 4.02. The van der Waals surface area contributed by atoms with Crippen molar-refractivity contribution in [3.8, 4) is 0 Å². The van der Waals surface area contributed by atoms with E-state index in [4.69, 9.17) is 0 Å². The van der Waals surface area contributed by atoms with Crippen molar-refractivity contribution < 1.29 is 0 Å². The van der Waals surface area contributed by atoms with E-state index in [2.05, 4.69) is 48.9 Å². The number of aryl methyl sites for hydroxylation is 1. The Hall–Kier alpha value is -0.940. The second-order valence-corrected chi connectivity index (χ2v) is 5.00. The average Bonchev–Trinajstić information content (AvgIpc) is 2.30. The van der Waals surface area contributed by atoms with Crippen molar-refractivity contribution in [1.29, 1.82) is 0 Å². The van der Waals surface area contributed by atoms with Crippen LogP contribution in [-0.4, -0.2) is 6.21 Å². The fourth-order valence-corrected chi connectivity index (χ4v) is 2.64. The number of rotatable bonds is 2. The maximum Gasteiger partial charge on any atom is 0.0947 e. The summed E-state index contributed by atoms with van der Waals surface area (Å²) in [6.45, 7) is 4.29. The van der Waals surface area contributed by atoms with Gasteiger partial charge < -0.3 is 0 Å². The molecule has 2 rings (SSSR count). The molecule has 0 saturated carbocycles. The molecule has 1 aliphatic heterocycles. The molecule has 2 unspecified atom stereocenters. The lowest BCUT2D eigenvalue weighted by Gasteiger charge is -2.15. The van der Waals surface area contributed by atoms with Crippen molar-refractivity contribution in [2.75, 3.05) is 0 Å². The first-order valence-corrected chi connectivity index (χ1v) is 6.50. The lowest BCUT2D eigenvalue weighted by Crippen LogP contribution is -1.94. The van der Waals surface area contributed by atoms with Crippen molar-refractivity contribution in [3.05, 3.63) is 46.8 Å². The molecule has 0 N–H and O–H groups in total. The molecule has 1 aromatic carbocycles. The maximum absolute atomic E-state index is 4.56. The summed E-state index contributed by atoms with van der Waals surface area (Å²) in [6.07, 6.45) is 3.09. The molecular weight excluding hydrogens is 201 g/mol. The van der Waals surface area contributed by atoms with E-state index < -0.39 is 0 Å². The molecule has 1 nitrogen and oxygen atoms in total. The zero-order chi connectivity index (χ0) is 10.7. The van der Waals surface area contributed by atoms with Crippen molar-refractivity contribution in [1.82, 2.24) is 0 Å². The molecule has 1 heterocycles. The van der Waals surface area contributed by atoms with Gasteiger partial charge in [0.1, 0.15) is 0 Å². The highest BCUT2D eigenvalue weighted by Gasteiger charge is 2.10. The topological polar surface area (TPSA) is 12.4 Å². The monoisotopic (exact) mass is 217 g/mol. The van der Waals surface area contributed by atoms with Gasteiger partial charge in [0, 0.05) is 6.21 Å². The maximum atomic E-state index is 4.56. The van der Waals surface area contributed by atoms with Gasteiger partial charge in [-0.05, 0) is 30.0 Å². The fraction of sp³-hybridized carbons (Fsp3) is 0.308. The van der Waals surface area contributed by atoms with Crippen LogP contribution in [-0.2, 0) is 6.42 Å². The highest BCUT2D eigenvalue weighted by Crippen LogP contribution is 2.39. The van der Waals surface area contributed by atoms with Crippen LogP contribution in [0.15, 0.2) is 40.6 Å². The van der Waals surface area contributed by atoms with Crippen LogP contribution in [0, 0.1) is 0 Å². The van der Waals surface area contributed by atoms with E-state index in [1.54, 1.807) is 0 Å². The molecule has 0 saturated heterocycles. The molecule has 0 aromatic heterocycles. The Morgan fingerprint density at radius 3 is 2.53 bits per heavy atom. The molecule has 2 atom stereocenters. The molecule has 78 valence electrons. The van der Waals surface area contributed by atoms with Crippen molar-refractivity contribution in [2.45, 2.75) is 26.1 Å². The number of aliphatic imine (C=N–C) groups is 1. The Bertz CT molecular complexity index is 390. The normalized spacial score (nSPS) is 21.7. The Kier molecular flexibility index (Phi) is 3.33.